The number of pyridine rings is 1. The van der Waals surface area contributed by atoms with Gasteiger partial charge in [-0.25, -0.2) is 9.50 Å². The molecule has 9 heteroatoms. The average Bonchev–Trinajstić information content (AvgIpc) is 3.76. The Bertz CT molecular complexity index is 1750. The number of hydrogen-bond donors (Lipinski definition) is 2. The van der Waals surface area contributed by atoms with Crippen LogP contribution in [-0.2, 0) is 6.54 Å². The van der Waals surface area contributed by atoms with E-state index in [1.165, 1.54) is 16.2 Å². The van der Waals surface area contributed by atoms with Gasteiger partial charge in [-0.2, -0.15) is 10.2 Å². The maximum Gasteiger partial charge on any atom is 0.164 e. The van der Waals surface area contributed by atoms with Crippen LogP contribution in [0.2, 0.25) is 0 Å². The van der Waals surface area contributed by atoms with Crippen LogP contribution in [0, 0.1) is 0 Å². The van der Waals surface area contributed by atoms with Gasteiger partial charge >= 0.3 is 0 Å². The Hall–Kier alpha value is -3.92. The Labute approximate surface area is 217 Å². The molecule has 8 nitrogen and oxygen atoms in total. The van der Waals surface area contributed by atoms with Crippen molar-refractivity contribution in [2.45, 2.75) is 25.0 Å². The Kier molecular flexibility index (Phi) is 4.76. The first-order valence-corrected chi connectivity index (χ1v) is 13.4. The zero-order chi connectivity index (χ0) is 24.3. The van der Waals surface area contributed by atoms with Gasteiger partial charge in [-0.1, -0.05) is 12.1 Å². The summed E-state index contributed by atoms with van der Waals surface area (Å²) in [6.45, 7) is 3.27. The normalized spacial score (nSPS) is 19.5. The number of rotatable bonds is 5. The molecule has 8 rings (SSSR count). The van der Waals surface area contributed by atoms with Gasteiger partial charge in [0.2, 0.25) is 0 Å². The van der Waals surface area contributed by atoms with E-state index in [-0.39, 0.29) is 0 Å². The van der Waals surface area contributed by atoms with Gasteiger partial charge in [0, 0.05) is 66.1 Å². The highest BCUT2D eigenvalue weighted by Crippen LogP contribution is 2.40. The molecule has 0 aliphatic carbocycles. The Morgan fingerprint density at radius 1 is 1.03 bits per heavy atom. The van der Waals surface area contributed by atoms with Crippen LogP contribution >= 0.6 is 11.3 Å². The van der Waals surface area contributed by atoms with Crippen molar-refractivity contribution in [2.24, 2.45) is 0 Å². The van der Waals surface area contributed by atoms with Crippen molar-refractivity contribution in [3.63, 3.8) is 0 Å². The molecule has 5 aromatic heterocycles. The highest BCUT2D eigenvalue weighted by atomic mass is 32.1. The monoisotopic (exact) mass is 504 g/mol. The summed E-state index contributed by atoms with van der Waals surface area (Å²) in [6, 6.07) is 18.1. The molecular weight excluding hydrogens is 480 g/mol. The fourth-order valence-corrected chi connectivity index (χ4v) is 6.96. The van der Waals surface area contributed by atoms with Crippen molar-refractivity contribution < 1.29 is 0 Å². The van der Waals surface area contributed by atoms with Gasteiger partial charge in [0.25, 0.3) is 0 Å². The van der Waals surface area contributed by atoms with Crippen molar-refractivity contribution in [1.29, 1.82) is 0 Å². The second-order valence-electron chi connectivity index (χ2n) is 9.85. The molecular formula is C28H24N8S. The van der Waals surface area contributed by atoms with Crippen LogP contribution in [-0.4, -0.2) is 59.9 Å². The zero-order valence-electron chi connectivity index (χ0n) is 20.0. The summed E-state index contributed by atoms with van der Waals surface area (Å²) in [5.41, 5.74) is 6.81. The predicted molar refractivity (Wildman–Crippen MR) is 145 cm³/mol. The molecule has 0 amide bonds. The molecule has 37 heavy (non-hydrogen) atoms. The standard InChI is InChI=1S/C28H24N8S/c1-2-21(22-14-32-33-23(22)3-1)26-27(17-6-9-29-10-7-17)34-36-24(8-11-30-28(26)36)25-5-4-20(37-25)16-35-15-18-12-19(35)13-31-18/h1-11,14,18-19,31H,12-13,15-16H2,(H,32,33)/t18-,19-/m0/s1. The van der Waals surface area contributed by atoms with Crippen LogP contribution in [0.25, 0.3) is 49.5 Å². The molecule has 6 aromatic rings. The minimum absolute atomic E-state index is 0.665. The lowest BCUT2D eigenvalue weighted by Crippen LogP contribution is -2.42. The predicted octanol–water partition coefficient (Wildman–Crippen LogP) is 4.61. The van der Waals surface area contributed by atoms with E-state index < -0.39 is 0 Å². The van der Waals surface area contributed by atoms with Crippen LogP contribution in [0.4, 0.5) is 0 Å². The second-order valence-corrected chi connectivity index (χ2v) is 11.0. The van der Waals surface area contributed by atoms with Gasteiger partial charge in [-0.3, -0.25) is 15.0 Å². The fraction of sp³-hybridized carbons (Fsp3) is 0.214. The smallest absolute Gasteiger partial charge is 0.164 e. The molecule has 0 saturated carbocycles. The Morgan fingerprint density at radius 3 is 2.84 bits per heavy atom. The molecule has 1 aromatic carbocycles. The second kappa shape index (κ2) is 8.31. The van der Waals surface area contributed by atoms with Crippen LogP contribution in [0.1, 0.15) is 11.3 Å². The van der Waals surface area contributed by atoms with Gasteiger partial charge in [0.05, 0.1) is 27.8 Å². The largest absolute Gasteiger partial charge is 0.311 e. The number of piperazine rings is 1. The van der Waals surface area contributed by atoms with E-state index in [0.717, 1.165) is 64.3 Å². The summed E-state index contributed by atoms with van der Waals surface area (Å²) in [7, 11) is 0. The number of thiophene rings is 1. The van der Waals surface area contributed by atoms with Gasteiger partial charge in [-0.15, -0.1) is 11.3 Å². The summed E-state index contributed by atoms with van der Waals surface area (Å²) in [5.74, 6) is 0. The first-order valence-electron chi connectivity index (χ1n) is 12.6. The van der Waals surface area contributed by atoms with E-state index in [9.17, 15) is 0 Å². The van der Waals surface area contributed by atoms with Crippen molar-refractivity contribution in [1.82, 2.24) is 40.0 Å². The van der Waals surface area contributed by atoms with E-state index in [1.54, 1.807) is 0 Å². The lowest BCUT2D eigenvalue weighted by atomic mass is 9.99. The van der Waals surface area contributed by atoms with E-state index in [1.807, 2.05) is 64.9 Å². The van der Waals surface area contributed by atoms with Crippen LogP contribution < -0.4 is 5.32 Å². The highest BCUT2D eigenvalue weighted by Gasteiger charge is 2.37. The zero-order valence-corrected chi connectivity index (χ0v) is 20.8. The third kappa shape index (κ3) is 3.42. The molecule has 7 heterocycles. The average molecular weight is 505 g/mol. The number of likely N-dealkylation sites (tertiary alicyclic amines) is 1. The van der Waals surface area contributed by atoms with Gasteiger partial charge in [-0.05, 0) is 48.4 Å². The number of nitrogens with one attached hydrogen (secondary N) is 2. The molecule has 2 bridgehead atoms. The SMILES string of the molecule is c1cc(-c2c(-c3ccncc3)nn3c(-c4ccc(CN5C[C@@H]6C[C@H]5CN6)s4)ccnc23)c2cn[nH]c2c1. The topological polar surface area (TPSA) is 87.0 Å². The Balaban J connectivity index is 1.28. The first-order chi connectivity index (χ1) is 18.3. The lowest BCUT2D eigenvalue weighted by Gasteiger charge is -2.26. The number of aromatic amines is 1. The maximum atomic E-state index is 5.15. The minimum Gasteiger partial charge on any atom is -0.311 e. The summed E-state index contributed by atoms with van der Waals surface area (Å²) < 4.78 is 2.00. The molecule has 0 unspecified atom stereocenters. The van der Waals surface area contributed by atoms with E-state index in [4.69, 9.17) is 10.1 Å². The third-order valence-corrected chi connectivity index (χ3v) is 8.76. The van der Waals surface area contributed by atoms with Crippen LogP contribution in [0.3, 0.4) is 0 Å². The summed E-state index contributed by atoms with van der Waals surface area (Å²) in [5, 5.41) is 17.2. The number of H-pyrrole nitrogens is 1. The van der Waals surface area contributed by atoms with Crippen molar-refractivity contribution in [2.75, 3.05) is 13.1 Å². The number of aromatic nitrogens is 6. The summed E-state index contributed by atoms with van der Waals surface area (Å²) in [4.78, 5) is 14.3. The minimum atomic E-state index is 0.665. The van der Waals surface area contributed by atoms with E-state index >= 15 is 0 Å². The molecule has 2 aliphatic rings. The molecule has 2 fully saturated rings. The molecule has 0 radical (unpaired) electrons. The summed E-state index contributed by atoms with van der Waals surface area (Å²) >= 11 is 1.85. The van der Waals surface area contributed by atoms with Gasteiger partial charge in [0.1, 0.15) is 5.69 Å². The quantitative estimate of drug-likeness (QED) is 0.357. The van der Waals surface area contributed by atoms with E-state index in [2.05, 4.69) is 49.7 Å². The number of hydrogen-bond acceptors (Lipinski definition) is 7. The summed E-state index contributed by atoms with van der Waals surface area (Å²) in [6.07, 6.45) is 8.66. The van der Waals surface area contributed by atoms with Crippen LogP contribution in [0.15, 0.2) is 73.3 Å². The number of fused-ring (bicyclic) bond motifs is 4. The Morgan fingerprint density at radius 2 is 1.97 bits per heavy atom. The van der Waals surface area contributed by atoms with Crippen molar-refractivity contribution in [3.8, 4) is 33.0 Å². The van der Waals surface area contributed by atoms with Gasteiger partial charge in [0.15, 0.2) is 5.65 Å². The lowest BCUT2D eigenvalue weighted by molar-refractivity contribution is 0.219. The number of nitrogens with zero attached hydrogens (tertiary/aromatic N) is 6. The van der Waals surface area contributed by atoms with Crippen molar-refractivity contribution in [3.05, 3.63) is 78.2 Å². The first kappa shape index (κ1) is 21.2. The molecule has 2 atom stereocenters. The molecule has 182 valence electrons. The maximum absolute atomic E-state index is 5.15. The molecule has 2 saturated heterocycles. The molecule has 0 spiro atoms. The fourth-order valence-electron chi connectivity index (χ4n) is 5.92. The highest BCUT2D eigenvalue weighted by molar-refractivity contribution is 7.15. The van der Waals surface area contributed by atoms with Gasteiger partial charge < -0.3 is 5.32 Å². The molecule has 2 aliphatic heterocycles. The van der Waals surface area contributed by atoms with Crippen LogP contribution in [0.5, 0.6) is 0 Å². The third-order valence-electron chi connectivity index (χ3n) is 7.67. The van der Waals surface area contributed by atoms with Crippen molar-refractivity contribution >= 4 is 27.9 Å². The van der Waals surface area contributed by atoms with E-state index in [0.29, 0.717) is 12.1 Å². The molecule has 2 N–H and O–H groups in total. The number of benzene rings is 1.